The van der Waals surface area contributed by atoms with Gasteiger partial charge in [0.05, 0.1) is 17.9 Å². The molecule has 1 fully saturated rings. The lowest BCUT2D eigenvalue weighted by atomic mass is 9.98. The lowest BCUT2D eigenvalue weighted by molar-refractivity contribution is 0.0703. The number of carbonyl (C=O) groups is 1. The average molecular weight is 369 g/mol. The molecule has 1 atom stereocenters. The summed E-state index contributed by atoms with van der Waals surface area (Å²) in [6.45, 7) is 1.38. The Labute approximate surface area is 155 Å². The molecule has 4 rings (SSSR count). The molecule has 1 aliphatic rings. The minimum absolute atomic E-state index is 0.0761. The van der Waals surface area contributed by atoms with E-state index in [-0.39, 0.29) is 11.8 Å². The van der Waals surface area contributed by atoms with E-state index in [9.17, 15) is 4.79 Å². The van der Waals surface area contributed by atoms with Crippen molar-refractivity contribution < 1.29 is 13.9 Å². The zero-order valence-corrected chi connectivity index (χ0v) is 15.2. The van der Waals surface area contributed by atoms with E-state index in [4.69, 9.17) is 9.15 Å². The van der Waals surface area contributed by atoms with Crippen molar-refractivity contribution in [2.45, 2.75) is 18.8 Å². The lowest BCUT2D eigenvalue weighted by Crippen LogP contribution is -2.38. The largest absolute Gasteiger partial charge is 0.497 e. The van der Waals surface area contributed by atoms with Gasteiger partial charge in [0.15, 0.2) is 0 Å². The van der Waals surface area contributed by atoms with Crippen LogP contribution in [0.3, 0.4) is 0 Å². The summed E-state index contributed by atoms with van der Waals surface area (Å²) >= 11 is 1.47. The predicted molar refractivity (Wildman–Crippen MR) is 98.5 cm³/mol. The zero-order valence-electron chi connectivity index (χ0n) is 14.4. The Kier molecular flexibility index (Phi) is 4.71. The molecule has 1 aromatic carbocycles. The molecule has 134 valence electrons. The van der Waals surface area contributed by atoms with Crippen LogP contribution in [0.1, 0.15) is 34.3 Å². The van der Waals surface area contributed by atoms with Gasteiger partial charge in [-0.05, 0) is 48.6 Å². The number of piperidine rings is 1. The molecule has 26 heavy (non-hydrogen) atoms. The van der Waals surface area contributed by atoms with Crippen LogP contribution in [0, 0.1) is 0 Å². The first-order valence-electron chi connectivity index (χ1n) is 8.55. The van der Waals surface area contributed by atoms with E-state index in [1.54, 1.807) is 7.11 Å². The van der Waals surface area contributed by atoms with Gasteiger partial charge in [0, 0.05) is 18.7 Å². The number of likely N-dealkylation sites (tertiary alicyclic amines) is 1. The van der Waals surface area contributed by atoms with Gasteiger partial charge in [-0.25, -0.2) is 0 Å². The molecule has 6 nitrogen and oxygen atoms in total. The highest BCUT2D eigenvalue weighted by atomic mass is 32.1. The van der Waals surface area contributed by atoms with Crippen molar-refractivity contribution >= 4 is 17.2 Å². The highest BCUT2D eigenvalue weighted by Gasteiger charge is 2.29. The maximum absolute atomic E-state index is 12.6. The average Bonchev–Trinajstić information content (AvgIpc) is 3.40. The third kappa shape index (κ3) is 3.35. The van der Waals surface area contributed by atoms with Gasteiger partial charge < -0.3 is 14.1 Å². The fourth-order valence-corrected chi connectivity index (χ4v) is 3.86. The second-order valence-electron chi connectivity index (χ2n) is 6.24. The fraction of sp³-hybridized carbons (Fsp3) is 0.316. The quantitative estimate of drug-likeness (QED) is 0.699. The summed E-state index contributed by atoms with van der Waals surface area (Å²) in [5.74, 6) is 2.03. The fourth-order valence-electron chi connectivity index (χ4n) is 3.17. The maximum Gasteiger partial charge on any atom is 0.263 e. The van der Waals surface area contributed by atoms with Gasteiger partial charge in [-0.15, -0.1) is 21.5 Å². The monoisotopic (exact) mass is 369 g/mol. The molecule has 7 heteroatoms. The molecule has 2 aromatic heterocycles. The first-order chi connectivity index (χ1) is 12.7. The predicted octanol–water partition coefficient (Wildman–Crippen LogP) is 3.83. The van der Waals surface area contributed by atoms with Crippen LogP contribution in [0.25, 0.3) is 11.5 Å². The van der Waals surface area contributed by atoms with Crippen LogP contribution >= 0.6 is 11.3 Å². The van der Waals surface area contributed by atoms with Crippen molar-refractivity contribution in [1.82, 2.24) is 15.1 Å². The van der Waals surface area contributed by atoms with Crippen molar-refractivity contribution in [3.63, 3.8) is 0 Å². The van der Waals surface area contributed by atoms with Crippen molar-refractivity contribution in [2.75, 3.05) is 20.2 Å². The summed E-state index contributed by atoms with van der Waals surface area (Å²) in [5.41, 5.74) is 0.854. The summed E-state index contributed by atoms with van der Waals surface area (Å²) < 4.78 is 11.1. The Morgan fingerprint density at radius 2 is 2.12 bits per heavy atom. The SMILES string of the molecule is COc1ccc(-c2nnc([C@H]3CCCN(C(=O)c4cccs4)C3)o2)cc1. The number of amides is 1. The molecular weight excluding hydrogens is 350 g/mol. The maximum atomic E-state index is 12.6. The van der Waals surface area contributed by atoms with Crippen LogP contribution < -0.4 is 4.74 Å². The van der Waals surface area contributed by atoms with Gasteiger partial charge in [-0.2, -0.15) is 0 Å². The molecule has 1 saturated heterocycles. The molecule has 0 aliphatic carbocycles. The van der Waals surface area contributed by atoms with Gasteiger partial charge in [0.1, 0.15) is 5.75 Å². The topological polar surface area (TPSA) is 68.5 Å². The number of nitrogens with zero attached hydrogens (tertiary/aromatic N) is 3. The minimum atomic E-state index is 0.0761. The molecule has 1 aliphatic heterocycles. The van der Waals surface area contributed by atoms with E-state index in [0.717, 1.165) is 35.6 Å². The first kappa shape index (κ1) is 16.8. The van der Waals surface area contributed by atoms with Gasteiger partial charge in [0.25, 0.3) is 5.91 Å². The van der Waals surface area contributed by atoms with E-state index in [1.165, 1.54) is 11.3 Å². The van der Waals surface area contributed by atoms with Gasteiger partial charge in [0.2, 0.25) is 11.8 Å². The summed E-state index contributed by atoms with van der Waals surface area (Å²) in [7, 11) is 1.63. The standard InChI is InChI=1S/C19H19N3O3S/c1-24-15-8-6-13(7-9-15)17-20-21-18(25-17)14-4-2-10-22(12-14)19(23)16-5-3-11-26-16/h3,5-9,11,14H,2,4,10,12H2,1H3/t14-/m0/s1. The number of ether oxygens (including phenoxy) is 1. The summed E-state index contributed by atoms with van der Waals surface area (Å²) in [4.78, 5) is 15.2. The second-order valence-corrected chi connectivity index (χ2v) is 7.19. The van der Waals surface area contributed by atoms with Gasteiger partial charge in [-0.3, -0.25) is 4.79 Å². The summed E-state index contributed by atoms with van der Waals surface area (Å²) in [6, 6.07) is 11.3. The van der Waals surface area contributed by atoms with Crippen LogP contribution in [0.15, 0.2) is 46.2 Å². The van der Waals surface area contributed by atoms with Crippen LogP contribution in [-0.4, -0.2) is 41.2 Å². The third-order valence-electron chi connectivity index (χ3n) is 4.57. The van der Waals surface area contributed by atoms with Gasteiger partial charge in [-0.1, -0.05) is 6.07 Å². The van der Waals surface area contributed by atoms with Crippen LogP contribution in [-0.2, 0) is 0 Å². The lowest BCUT2D eigenvalue weighted by Gasteiger charge is -2.30. The van der Waals surface area contributed by atoms with Crippen LogP contribution in [0.4, 0.5) is 0 Å². The molecular formula is C19H19N3O3S. The minimum Gasteiger partial charge on any atom is -0.497 e. The summed E-state index contributed by atoms with van der Waals surface area (Å²) in [6.07, 6.45) is 1.88. The van der Waals surface area contributed by atoms with Gasteiger partial charge >= 0.3 is 0 Å². The molecule has 0 spiro atoms. The normalized spacial score (nSPS) is 17.3. The number of carbonyl (C=O) groups excluding carboxylic acids is 1. The molecule has 0 radical (unpaired) electrons. The van der Waals surface area contributed by atoms with Crippen molar-refractivity contribution in [2.24, 2.45) is 0 Å². The van der Waals surface area contributed by atoms with Crippen LogP contribution in [0.5, 0.6) is 5.75 Å². The first-order valence-corrected chi connectivity index (χ1v) is 9.43. The number of benzene rings is 1. The highest BCUT2D eigenvalue weighted by molar-refractivity contribution is 7.12. The Hall–Kier alpha value is -2.67. The second kappa shape index (κ2) is 7.29. The van der Waals surface area contributed by atoms with E-state index < -0.39 is 0 Å². The molecule has 0 bridgehead atoms. The molecule has 0 N–H and O–H groups in total. The van der Waals surface area contributed by atoms with Crippen molar-refractivity contribution in [3.05, 3.63) is 52.5 Å². The number of hydrogen-bond acceptors (Lipinski definition) is 6. The number of aromatic nitrogens is 2. The molecule has 0 unspecified atom stereocenters. The van der Waals surface area contributed by atoms with E-state index >= 15 is 0 Å². The number of rotatable bonds is 4. The molecule has 3 heterocycles. The smallest absolute Gasteiger partial charge is 0.263 e. The Morgan fingerprint density at radius 3 is 2.85 bits per heavy atom. The number of thiophene rings is 1. The Balaban J connectivity index is 1.49. The molecule has 0 saturated carbocycles. The molecule has 3 aromatic rings. The highest BCUT2D eigenvalue weighted by Crippen LogP contribution is 2.30. The number of hydrogen-bond donors (Lipinski definition) is 0. The Bertz CT molecular complexity index is 874. The van der Waals surface area contributed by atoms with E-state index in [0.29, 0.717) is 18.3 Å². The van der Waals surface area contributed by atoms with E-state index in [2.05, 4.69) is 10.2 Å². The zero-order chi connectivity index (χ0) is 17.9. The van der Waals surface area contributed by atoms with Crippen molar-refractivity contribution in [1.29, 1.82) is 0 Å². The van der Waals surface area contributed by atoms with Crippen LogP contribution in [0.2, 0.25) is 0 Å². The van der Waals surface area contributed by atoms with Crippen molar-refractivity contribution in [3.8, 4) is 17.2 Å². The number of methoxy groups -OCH3 is 1. The Morgan fingerprint density at radius 1 is 1.27 bits per heavy atom. The molecule has 1 amide bonds. The van der Waals surface area contributed by atoms with E-state index in [1.807, 2.05) is 46.7 Å². The third-order valence-corrected chi connectivity index (χ3v) is 5.43. The summed E-state index contributed by atoms with van der Waals surface area (Å²) in [5, 5.41) is 10.3.